The van der Waals surface area contributed by atoms with Gasteiger partial charge in [0.25, 0.3) is 5.91 Å². The number of nitrogens with one attached hydrogen (secondary N) is 1. The second-order valence-corrected chi connectivity index (χ2v) is 7.50. The minimum Gasteiger partial charge on any atom is -0.493 e. The third kappa shape index (κ3) is 4.85. The molecule has 0 bridgehead atoms. The number of ether oxygens (including phenoxy) is 3. The zero-order valence-corrected chi connectivity index (χ0v) is 16.6. The highest BCUT2D eigenvalue weighted by Gasteiger charge is 2.15. The Labute approximate surface area is 159 Å². The fourth-order valence-corrected chi connectivity index (χ4v) is 3.48. The Balaban J connectivity index is 2.18. The van der Waals surface area contributed by atoms with Crippen molar-refractivity contribution < 1.29 is 19.0 Å². The molecule has 0 aliphatic rings. The molecule has 0 spiro atoms. The van der Waals surface area contributed by atoms with Gasteiger partial charge in [-0.1, -0.05) is 26.0 Å². The molecule has 0 heterocycles. The summed E-state index contributed by atoms with van der Waals surface area (Å²) >= 11 is 1.67. The van der Waals surface area contributed by atoms with Crippen molar-refractivity contribution in [2.75, 3.05) is 21.3 Å². The summed E-state index contributed by atoms with van der Waals surface area (Å²) in [5.41, 5.74) is 1.54. The van der Waals surface area contributed by atoms with E-state index in [1.165, 1.54) is 0 Å². The number of carbonyl (C=O) groups excluding carboxylic acids is 1. The summed E-state index contributed by atoms with van der Waals surface area (Å²) in [6.45, 7) is 4.57. The molecule has 0 aliphatic heterocycles. The predicted molar refractivity (Wildman–Crippen MR) is 105 cm³/mol. The van der Waals surface area contributed by atoms with Crippen molar-refractivity contribution in [2.24, 2.45) is 0 Å². The second-order valence-electron chi connectivity index (χ2n) is 5.88. The average Bonchev–Trinajstić information content (AvgIpc) is 2.65. The topological polar surface area (TPSA) is 56.8 Å². The summed E-state index contributed by atoms with van der Waals surface area (Å²) in [6, 6.07) is 11.3. The summed E-state index contributed by atoms with van der Waals surface area (Å²) in [7, 11) is 4.70. The fourth-order valence-electron chi connectivity index (χ4n) is 2.53. The minimum atomic E-state index is -0.109. The Morgan fingerprint density at radius 2 is 1.65 bits per heavy atom. The van der Waals surface area contributed by atoms with E-state index >= 15 is 0 Å². The molecule has 0 fully saturated rings. The number of thioether (sulfide) groups is 1. The first-order chi connectivity index (χ1) is 12.5. The van der Waals surface area contributed by atoms with Crippen molar-refractivity contribution in [1.29, 1.82) is 0 Å². The highest BCUT2D eigenvalue weighted by molar-refractivity contribution is 8.00. The molecule has 0 aromatic heterocycles. The van der Waals surface area contributed by atoms with E-state index in [2.05, 4.69) is 19.2 Å². The van der Waals surface area contributed by atoms with Gasteiger partial charge in [-0.3, -0.25) is 4.79 Å². The van der Waals surface area contributed by atoms with Crippen LogP contribution in [0.2, 0.25) is 0 Å². The zero-order valence-electron chi connectivity index (χ0n) is 15.8. The zero-order chi connectivity index (χ0) is 19.1. The van der Waals surface area contributed by atoms with Gasteiger partial charge in [0.05, 0.1) is 26.9 Å². The van der Waals surface area contributed by atoms with Crippen LogP contribution in [-0.2, 0) is 6.54 Å². The van der Waals surface area contributed by atoms with E-state index in [1.54, 1.807) is 33.1 Å². The van der Waals surface area contributed by atoms with Crippen molar-refractivity contribution in [3.63, 3.8) is 0 Å². The second kappa shape index (κ2) is 9.38. The van der Waals surface area contributed by atoms with Crippen LogP contribution in [0.5, 0.6) is 17.2 Å². The van der Waals surface area contributed by atoms with Crippen molar-refractivity contribution in [3.05, 3.63) is 47.5 Å². The Hall–Kier alpha value is -2.34. The first-order valence-electron chi connectivity index (χ1n) is 8.32. The minimum absolute atomic E-state index is 0.109. The third-order valence-corrected chi connectivity index (χ3v) is 4.75. The van der Waals surface area contributed by atoms with Gasteiger partial charge in [-0.15, -0.1) is 11.8 Å². The molecule has 0 saturated heterocycles. The van der Waals surface area contributed by atoms with Crippen LogP contribution in [0.25, 0.3) is 0 Å². The Bertz CT molecular complexity index is 736. The number of hydrogen-bond donors (Lipinski definition) is 1. The molecule has 2 aromatic rings. The van der Waals surface area contributed by atoms with E-state index in [4.69, 9.17) is 14.2 Å². The average molecular weight is 375 g/mol. The number of methoxy groups -OCH3 is 3. The van der Waals surface area contributed by atoms with E-state index in [0.29, 0.717) is 34.6 Å². The van der Waals surface area contributed by atoms with Crippen LogP contribution in [-0.4, -0.2) is 32.5 Å². The maximum absolute atomic E-state index is 12.6. The van der Waals surface area contributed by atoms with Gasteiger partial charge in [0, 0.05) is 16.7 Å². The SMILES string of the molecule is COc1cc(CNC(=O)c2ccccc2SC(C)C)cc(OC)c1OC. The molecule has 0 saturated carbocycles. The Morgan fingerprint density at radius 1 is 1.04 bits per heavy atom. The molecule has 0 aliphatic carbocycles. The number of hydrogen-bond acceptors (Lipinski definition) is 5. The molecular formula is C20H25NO4S. The highest BCUT2D eigenvalue weighted by Crippen LogP contribution is 2.38. The van der Waals surface area contributed by atoms with Crippen LogP contribution in [0, 0.1) is 0 Å². The molecule has 1 amide bonds. The summed E-state index contributed by atoms with van der Waals surface area (Å²) in [5, 5.41) is 3.37. The molecule has 0 atom stereocenters. The molecule has 5 nitrogen and oxygen atoms in total. The van der Waals surface area contributed by atoms with Crippen LogP contribution >= 0.6 is 11.8 Å². The predicted octanol–water partition coefficient (Wildman–Crippen LogP) is 4.14. The van der Waals surface area contributed by atoms with E-state index in [9.17, 15) is 4.79 Å². The quantitative estimate of drug-likeness (QED) is 0.703. The normalized spacial score (nSPS) is 10.5. The molecule has 0 unspecified atom stereocenters. The van der Waals surface area contributed by atoms with Crippen LogP contribution in [0.15, 0.2) is 41.3 Å². The summed E-state index contributed by atoms with van der Waals surface area (Å²) in [4.78, 5) is 13.6. The number of amides is 1. The van der Waals surface area contributed by atoms with Crippen LogP contribution in [0.4, 0.5) is 0 Å². The van der Waals surface area contributed by atoms with Crippen LogP contribution < -0.4 is 19.5 Å². The van der Waals surface area contributed by atoms with E-state index in [0.717, 1.165) is 10.5 Å². The maximum atomic E-state index is 12.6. The smallest absolute Gasteiger partial charge is 0.252 e. The van der Waals surface area contributed by atoms with Gasteiger partial charge in [0.15, 0.2) is 11.5 Å². The van der Waals surface area contributed by atoms with Gasteiger partial charge in [0.1, 0.15) is 0 Å². The molecular weight excluding hydrogens is 350 g/mol. The lowest BCUT2D eigenvalue weighted by molar-refractivity contribution is 0.0948. The van der Waals surface area contributed by atoms with E-state index in [-0.39, 0.29) is 5.91 Å². The van der Waals surface area contributed by atoms with Crippen molar-refractivity contribution in [3.8, 4) is 17.2 Å². The lowest BCUT2D eigenvalue weighted by Gasteiger charge is -2.15. The fraction of sp³-hybridized carbons (Fsp3) is 0.350. The number of rotatable bonds is 8. The summed E-state index contributed by atoms with van der Waals surface area (Å²) in [5.74, 6) is 1.55. The van der Waals surface area contributed by atoms with E-state index in [1.807, 2.05) is 36.4 Å². The number of benzene rings is 2. The van der Waals surface area contributed by atoms with Crippen molar-refractivity contribution in [2.45, 2.75) is 30.5 Å². The van der Waals surface area contributed by atoms with Crippen molar-refractivity contribution in [1.82, 2.24) is 5.32 Å². The molecule has 6 heteroatoms. The summed E-state index contributed by atoms with van der Waals surface area (Å²) in [6.07, 6.45) is 0. The molecule has 1 N–H and O–H groups in total. The molecule has 2 aromatic carbocycles. The van der Waals surface area contributed by atoms with Crippen molar-refractivity contribution >= 4 is 17.7 Å². The highest BCUT2D eigenvalue weighted by atomic mass is 32.2. The molecule has 0 radical (unpaired) electrons. The monoisotopic (exact) mass is 375 g/mol. The molecule has 140 valence electrons. The van der Waals surface area contributed by atoms with Crippen LogP contribution in [0.1, 0.15) is 29.8 Å². The summed E-state index contributed by atoms with van der Waals surface area (Å²) < 4.78 is 16.0. The first kappa shape index (κ1) is 20.0. The molecule has 26 heavy (non-hydrogen) atoms. The van der Waals surface area contributed by atoms with Gasteiger partial charge in [-0.25, -0.2) is 0 Å². The Kier molecular flexibility index (Phi) is 7.21. The lowest BCUT2D eigenvalue weighted by Crippen LogP contribution is -2.23. The Morgan fingerprint density at radius 3 is 2.19 bits per heavy atom. The first-order valence-corrected chi connectivity index (χ1v) is 9.20. The largest absolute Gasteiger partial charge is 0.493 e. The number of carbonyl (C=O) groups is 1. The van der Waals surface area contributed by atoms with Gasteiger partial charge < -0.3 is 19.5 Å². The maximum Gasteiger partial charge on any atom is 0.252 e. The van der Waals surface area contributed by atoms with Gasteiger partial charge in [-0.05, 0) is 29.8 Å². The van der Waals surface area contributed by atoms with E-state index < -0.39 is 0 Å². The van der Waals surface area contributed by atoms with Gasteiger partial charge in [-0.2, -0.15) is 0 Å². The van der Waals surface area contributed by atoms with Crippen LogP contribution in [0.3, 0.4) is 0 Å². The van der Waals surface area contributed by atoms with Gasteiger partial charge >= 0.3 is 0 Å². The molecule has 2 rings (SSSR count). The van der Waals surface area contributed by atoms with Gasteiger partial charge in [0.2, 0.25) is 5.75 Å². The third-order valence-electron chi connectivity index (χ3n) is 3.67. The standard InChI is InChI=1S/C20H25NO4S/c1-13(2)26-18-9-7-6-8-15(18)20(22)21-12-14-10-16(23-3)19(25-5)17(11-14)24-4/h6-11,13H,12H2,1-5H3,(H,21,22). The lowest BCUT2D eigenvalue weighted by atomic mass is 10.1.